The Balaban J connectivity index is 2.18. The van der Waals surface area contributed by atoms with Crippen molar-refractivity contribution in [1.29, 1.82) is 0 Å². The fourth-order valence-electron chi connectivity index (χ4n) is 2.76. The number of anilines is 1. The predicted molar refractivity (Wildman–Crippen MR) is 86.1 cm³/mol. The van der Waals surface area contributed by atoms with Gasteiger partial charge in [-0.25, -0.2) is 23.2 Å². The number of carboxylic acid groups (broad SMARTS) is 1. The largest absolute Gasteiger partial charge is 0.476 e. The number of aromatic carboxylic acids is 1. The van der Waals surface area contributed by atoms with Crippen LogP contribution in [0, 0.1) is 0 Å². The number of hydrogen-bond donors (Lipinski definition) is 1. The number of fused-ring (bicyclic) bond motifs is 1. The third kappa shape index (κ3) is 3.20. The van der Waals surface area contributed by atoms with E-state index in [1.807, 2.05) is 11.8 Å². The second-order valence-electron chi connectivity index (χ2n) is 5.89. The summed E-state index contributed by atoms with van der Waals surface area (Å²) >= 11 is 0. The molecule has 1 atom stereocenters. The van der Waals surface area contributed by atoms with Crippen LogP contribution in [-0.2, 0) is 20.3 Å². The van der Waals surface area contributed by atoms with Gasteiger partial charge in [-0.2, -0.15) is 0 Å². The smallest absolute Gasteiger partial charge is 0.358 e. The van der Waals surface area contributed by atoms with Gasteiger partial charge in [-0.3, -0.25) is 4.40 Å². The van der Waals surface area contributed by atoms with E-state index in [0.29, 0.717) is 31.3 Å². The summed E-state index contributed by atoms with van der Waals surface area (Å²) in [7, 11) is -3.31. The van der Waals surface area contributed by atoms with Crippen LogP contribution >= 0.6 is 0 Å². The van der Waals surface area contributed by atoms with Gasteiger partial charge in [-0.05, 0) is 6.92 Å². The molecule has 24 heavy (non-hydrogen) atoms. The lowest BCUT2D eigenvalue weighted by molar-refractivity contribution is 0.0693. The van der Waals surface area contributed by atoms with Crippen LogP contribution in [0.15, 0.2) is 12.4 Å². The summed E-state index contributed by atoms with van der Waals surface area (Å²) in [6, 6.07) is 1.72. The SMILES string of the molecule is C[C@@H]1COCCN1c1cc(CS(C)(=O)=O)n2cnc(C(=O)O)c2n1. The maximum absolute atomic E-state index is 11.7. The van der Waals surface area contributed by atoms with E-state index < -0.39 is 15.8 Å². The standard InChI is InChI=1S/C14H18N4O5S/c1-9-6-23-4-3-17(9)11-5-10(7-24(2,21)22)18-8-15-12(14(19)20)13(18)16-11/h5,8-9H,3-4,6-7H2,1-2H3,(H,19,20)/t9-/m1/s1. The highest BCUT2D eigenvalue weighted by molar-refractivity contribution is 7.89. The van der Waals surface area contributed by atoms with Crippen LogP contribution in [0.5, 0.6) is 0 Å². The van der Waals surface area contributed by atoms with E-state index >= 15 is 0 Å². The van der Waals surface area contributed by atoms with Crippen molar-refractivity contribution in [3.63, 3.8) is 0 Å². The number of imidazole rings is 1. The number of rotatable bonds is 4. The second-order valence-corrected chi connectivity index (χ2v) is 8.03. The molecule has 1 N–H and O–H groups in total. The van der Waals surface area contributed by atoms with Crippen molar-refractivity contribution in [3.05, 3.63) is 23.8 Å². The third-order valence-corrected chi connectivity index (χ3v) is 4.66. The minimum Gasteiger partial charge on any atom is -0.476 e. The lowest BCUT2D eigenvalue weighted by atomic mass is 10.2. The minimum atomic E-state index is -3.31. The molecule has 10 heteroatoms. The third-order valence-electron chi connectivity index (χ3n) is 3.84. The Hall–Kier alpha value is -2.20. The van der Waals surface area contributed by atoms with Gasteiger partial charge in [0.15, 0.2) is 21.2 Å². The van der Waals surface area contributed by atoms with E-state index in [0.717, 1.165) is 6.26 Å². The molecular formula is C14H18N4O5S. The van der Waals surface area contributed by atoms with E-state index in [1.54, 1.807) is 6.07 Å². The predicted octanol–water partition coefficient (Wildman–Crippen LogP) is 0.197. The van der Waals surface area contributed by atoms with E-state index in [2.05, 4.69) is 9.97 Å². The first-order chi connectivity index (χ1) is 11.3. The second kappa shape index (κ2) is 6.02. The molecule has 3 rings (SSSR count). The van der Waals surface area contributed by atoms with Crippen LogP contribution < -0.4 is 4.90 Å². The Labute approximate surface area is 138 Å². The summed E-state index contributed by atoms with van der Waals surface area (Å²) in [5, 5.41) is 9.28. The molecule has 2 aromatic heterocycles. The average molecular weight is 354 g/mol. The van der Waals surface area contributed by atoms with Gasteiger partial charge in [0.1, 0.15) is 12.1 Å². The lowest BCUT2D eigenvalue weighted by Gasteiger charge is -2.34. The fraction of sp³-hybridized carbons (Fsp3) is 0.500. The van der Waals surface area contributed by atoms with Crippen LogP contribution in [0.3, 0.4) is 0 Å². The zero-order valence-corrected chi connectivity index (χ0v) is 14.2. The zero-order chi connectivity index (χ0) is 17.5. The molecule has 0 radical (unpaired) electrons. The number of morpholine rings is 1. The van der Waals surface area contributed by atoms with Crippen LogP contribution in [0.2, 0.25) is 0 Å². The van der Waals surface area contributed by atoms with Crippen LogP contribution in [-0.4, -0.2) is 65.9 Å². The summed E-state index contributed by atoms with van der Waals surface area (Å²) in [6.07, 6.45) is 2.42. The van der Waals surface area contributed by atoms with Gasteiger partial charge in [0, 0.05) is 24.6 Å². The molecular weight excluding hydrogens is 336 g/mol. The molecule has 130 valence electrons. The molecule has 0 bridgehead atoms. The molecule has 1 saturated heterocycles. The van der Waals surface area contributed by atoms with Gasteiger partial charge >= 0.3 is 5.97 Å². The van der Waals surface area contributed by atoms with Gasteiger partial charge in [-0.15, -0.1) is 0 Å². The Bertz CT molecular complexity index is 892. The lowest BCUT2D eigenvalue weighted by Crippen LogP contribution is -2.44. The van der Waals surface area contributed by atoms with E-state index in [4.69, 9.17) is 4.74 Å². The first-order valence-corrected chi connectivity index (χ1v) is 9.44. The average Bonchev–Trinajstić information content (AvgIpc) is 2.90. The Morgan fingerprint density at radius 3 is 2.88 bits per heavy atom. The molecule has 0 aliphatic carbocycles. The number of hydrogen-bond acceptors (Lipinski definition) is 7. The van der Waals surface area contributed by atoms with E-state index in [-0.39, 0.29) is 23.1 Å². The summed E-state index contributed by atoms with van der Waals surface area (Å²) in [6.45, 7) is 3.62. The molecule has 1 aliphatic rings. The molecule has 0 amide bonds. The maximum atomic E-state index is 11.7. The maximum Gasteiger partial charge on any atom is 0.358 e. The van der Waals surface area contributed by atoms with E-state index in [1.165, 1.54) is 10.7 Å². The molecule has 0 unspecified atom stereocenters. The van der Waals surface area contributed by atoms with Gasteiger partial charge in [-0.1, -0.05) is 0 Å². The number of carboxylic acids is 1. The van der Waals surface area contributed by atoms with Crippen molar-refractivity contribution >= 4 is 27.3 Å². The highest BCUT2D eigenvalue weighted by atomic mass is 32.2. The van der Waals surface area contributed by atoms with Crippen molar-refractivity contribution in [2.45, 2.75) is 18.7 Å². The summed E-state index contributed by atoms with van der Waals surface area (Å²) in [5.74, 6) is -0.907. The fourth-order valence-corrected chi connectivity index (χ4v) is 3.52. The monoisotopic (exact) mass is 354 g/mol. The van der Waals surface area contributed by atoms with Crippen molar-refractivity contribution in [1.82, 2.24) is 14.4 Å². The molecule has 9 nitrogen and oxygen atoms in total. The van der Waals surface area contributed by atoms with Crippen molar-refractivity contribution < 1.29 is 23.1 Å². The van der Waals surface area contributed by atoms with Gasteiger partial charge < -0.3 is 14.7 Å². The molecule has 0 spiro atoms. The molecule has 2 aromatic rings. The first-order valence-electron chi connectivity index (χ1n) is 7.38. The number of carbonyl (C=O) groups is 1. The van der Waals surface area contributed by atoms with Gasteiger partial charge in [0.2, 0.25) is 0 Å². The number of aromatic nitrogens is 3. The Morgan fingerprint density at radius 1 is 1.50 bits per heavy atom. The minimum absolute atomic E-state index is 0.0518. The normalized spacial score (nSPS) is 18.9. The number of nitrogens with zero attached hydrogens (tertiary/aromatic N) is 4. The molecule has 0 aromatic carbocycles. The number of ether oxygens (including phenoxy) is 1. The highest BCUT2D eigenvalue weighted by Gasteiger charge is 2.24. The first kappa shape index (κ1) is 16.7. The summed E-state index contributed by atoms with van der Waals surface area (Å²) < 4.78 is 30.3. The zero-order valence-electron chi connectivity index (χ0n) is 13.3. The summed E-state index contributed by atoms with van der Waals surface area (Å²) in [4.78, 5) is 21.6. The summed E-state index contributed by atoms with van der Waals surface area (Å²) in [5.41, 5.74) is 0.362. The molecule has 1 fully saturated rings. The highest BCUT2D eigenvalue weighted by Crippen LogP contribution is 2.23. The van der Waals surface area contributed by atoms with Crippen LogP contribution in [0.25, 0.3) is 5.65 Å². The Morgan fingerprint density at radius 2 is 2.25 bits per heavy atom. The van der Waals surface area contributed by atoms with E-state index in [9.17, 15) is 18.3 Å². The van der Waals surface area contributed by atoms with Crippen molar-refractivity contribution in [3.8, 4) is 0 Å². The topological polar surface area (TPSA) is 114 Å². The van der Waals surface area contributed by atoms with Crippen molar-refractivity contribution in [2.24, 2.45) is 0 Å². The molecule has 1 aliphatic heterocycles. The molecule has 0 saturated carbocycles. The van der Waals surface area contributed by atoms with Gasteiger partial charge in [0.25, 0.3) is 0 Å². The van der Waals surface area contributed by atoms with Gasteiger partial charge in [0.05, 0.1) is 25.0 Å². The van der Waals surface area contributed by atoms with Crippen LogP contribution in [0.1, 0.15) is 23.1 Å². The van der Waals surface area contributed by atoms with Crippen molar-refractivity contribution in [2.75, 3.05) is 30.9 Å². The quantitative estimate of drug-likeness (QED) is 0.828. The molecule has 3 heterocycles. The number of sulfone groups is 1. The Kier molecular flexibility index (Phi) is 4.18. The van der Waals surface area contributed by atoms with Crippen LogP contribution in [0.4, 0.5) is 5.82 Å².